The summed E-state index contributed by atoms with van der Waals surface area (Å²) in [7, 11) is 0. The number of fused-ring (bicyclic) bond motifs is 1. The third-order valence-electron chi connectivity index (χ3n) is 3.94. The number of aliphatic hydroxyl groups is 1. The number of benzene rings is 1. The van der Waals surface area contributed by atoms with E-state index in [2.05, 4.69) is 24.9 Å². The molecule has 0 aliphatic heterocycles. The van der Waals surface area contributed by atoms with E-state index < -0.39 is 0 Å². The van der Waals surface area contributed by atoms with Crippen LogP contribution in [0.1, 0.15) is 31.9 Å². The van der Waals surface area contributed by atoms with Gasteiger partial charge in [-0.15, -0.1) is 0 Å². The summed E-state index contributed by atoms with van der Waals surface area (Å²) in [6.07, 6.45) is 2.57. The van der Waals surface area contributed by atoms with E-state index in [-0.39, 0.29) is 6.10 Å². The van der Waals surface area contributed by atoms with E-state index in [9.17, 15) is 5.11 Å². The van der Waals surface area contributed by atoms with E-state index in [1.807, 2.05) is 24.3 Å². The van der Waals surface area contributed by atoms with Gasteiger partial charge in [-0.2, -0.15) is 0 Å². The number of nitrogens with zero attached hydrogens (tertiary/aromatic N) is 1. The van der Waals surface area contributed by atoms with Gasteiger partial charge in [0.05, 0.1) is 11.6 Å². The Morgan fingerprint density at radius 1 is 1.35 bits per heavy atom. The standard InChI is InChI=1S/C15H17NO/c1-15(2)9-12(15)14(17)11-5-6-13-10(8-11)4-3-7-16-13/h3-8,12,14,17H,9H2,1-2H3. The maximum Gasteiger partial charge on any atom is 0.0823 e. The lowest BCUT2D eigenvalue weighted by atomic mass is 9.98. The Morgan fingerprint density at radius 3 is 2.82 bits per heavy atom. The van der Waals surface area contributed by atoms with Gasteiger partial charge in [0.2, 0.25) is 0 Å². The van der Waals surface area contributed by atoms with Gasteiger partial charge in [0.15, 0.2) is 0 Å². The van der Waals surface area contributed by atoms with Crippen LogP contribution in [0, 0.1) is 11.3 Å². The predicted molar refractivity (Wildman–Crippen MR) is 68.6 cm³/mol. The van der Waals surface area contributed by atoms with Crippen molar-refractivity contribution in [1.29, 1.82) is 0 Å². The topological polar surface area (TPSA) is 33.1 Å². The van der Waals surface area contributed by atoms with Crippen LogP contribution in [0.25, 0.3) is 10.9 Å². The van der Waals surface area contributed by atoms with Crippen molar-refractivity contribution in [3.63, 3.8) is 0 Å². The maximum atomic E-state index is 10.3. The summed E-state index contributed by atoms with van der Waals surface area (Å²) in [5, 5.41) is 11.4. The summed E-state index contributed by atoms with van der Waals surface area (Å²) >= 11 is 0. The predicted octanol–water partition coefficient (Wildman–Crippen LogP) is 3.31. The van der Waals surface area contributed by atoms with Gasteiger partial charge < -0.3 is 5.11 Å². The first-order valence-corrected chi connectivity index (χ1v) is 6.11. The highest BCUT2D eigenvalue weighted by molar-refractivity contribution is 5.79. The molecule has 1 fully saturated rings. The van der Waals surface area contributed by atoms with Crippen molar-refractivity contribution in [2.75, 3.05) is 0 Å². The number of hydrogen-bond acceptors (Lipinski definition) is 2. The monoisotopic (exact) mass is 227 g/mol. The quantitative estimate of drug-likeness (QED) is 0.853. The van der Waals surface area contributed by atoms with Crippen LogP contribution in [-0.4, -0.2) is 10.1 Å². The fourth-order valence-electron chi connectivity index (χ4n) is 2.56. The van der Waals surface area contributed by atoms with Crippen molar-refractivity contribution in [1.82, 2.24) is 4.98 Å². The average Bonchev–Trinajstić information content (AvgIpc) is 2.97. The minimum atomic E-state index is -0.338. The lowest BCUT2D eigenvalue weighted by Crippen LogP contribution is -2.04. The summed E-state index contributed by atoms with van der Waals surface area (Å²) in [5.41, 5.74) is 2.29. The Hall–Kier alpha value is -1.41. The minimum Gasteiger partial charge on any atom is -0.388 e. The van der Waals surface area contributed by atoms with Crippen LogP contribution in [0.4, 0.5) is 0 Å². The van der Waals surface area contributed by atoms with Crippen LogP contribution < -0.4 is 0 Å². The van der Waals surface area contributed by atoms with Gasteiger partial charge in [-0.25, -0.2) is 0 Å². The molecule has 1 saturated carbocycles. The molecule has 2 aromatic rings. The van der Waals surface area contributed by atoms with Gasteiger partial charge in [0.25, 0.3) is 0 Å². The number of aliphatic hydroxyl groups excluding tert-OH is 1. The first-order chi connectivity index (χ1) is 8.08. The summed E-state index contributed by atoms with van der Waals surface area (Å²) < 4.78 is 0. The van der Waals surface area contributed by atoms with E-state index in [1.165, 1.54) is 0 Å². The van der Waals surface area contributed by atoms with Crippen molar-refractivity contribution in [2.24, 2.45) is 11.3 Å². The number of hydrogen-bond donors (Lipinski definition) is 1. The molecule has 2 heteroatoms. The van der Waals surface area contributed by atoms with E-state index >= 15 is 0 Å². The highest BCUT2D eigenvalue weighted by atomic mass is 16.3. The molecule has 2 nitrogen and oxygen atoms in total. The fraction of sp³-hybridized carbons (Fsp3) is 0.400. The van der Waals surface area contributed by atoms with Crippen LogP contribution >= 0.6 is 0 Å². The van der Waals surface area contributed by atoms with Crippen molar-refractivity contribution in [3.05, 3.63) is 42.1 Å². The molecule has 17 heavy (non-hydrogen) atoms. The molecule has 0 spiro atoms. The highest BCUT2D eigenvalue weighted by Gasteiger charge is 2.50. The fourth-order valence-corrected chi connectivity index (χ4v) is 2.56. The van der Waals surface area contributed by atoms with Gasteiger partial charge in [-0.1, -0.05) is 26.0 Å². The molecule has 1 aromatic carbocycles. The molecule has 2 unspecified atom stereocenters. The Bertz CT molecular complexity index is 562. The van der Waals surface area contributed by atoms with E-state index in [0.717, 1.165) is 22.9 Å². The maximum absolute atomic E-state index is 10.3. The van der Waals surface area contributed by atoms with Gasteiger partial charge >= 0.3 is 0 Å². The van der Waals surface area contributed by atoms with Crippen molar-refractivity contribution in [2.45, 2.75) is 26.4 Å². The molecular weight excluding hydrogens is 210 g/mol. The number of rotatable bonds is 2. The van der Waals surface area contributed by atoms with Crippen LogP contribution in [0.15, 0.2) is 36.5 Å². The van der Waals surface area contributed by atoms with E-state index in [0.29, 0.717) is 11.3 Å². The van der Waals surface area contributed by atoms with Crippen LogP contribution in [-0.2, 0) is 0 Å². The molecule has 0 amide bonds. The lowest BCUT2D eigenvalue weighted by Gasteiger charge is -2.13. The molecule has 1 aromatic heterocycles. The normalized spacial score (nSPS) is 23.6. The molecule has 0 bridgehead atoms. The summed E-state index contributed by atoms with van der Waals surface area (Å²) in [6.45, 7) is 4.42. The van der Waals surface area contributed by atoms with Gasteiger partial charge in [-0.05, 0) is 41.5 Å². The molecule has 1 N–H and O–H groups in total. The first-order valence-electron chi connectivity index (χ1n) is 6.11. The molecule has 1 aliphatic carbocycles. The molecule has 0 radical (unpaired) electrons. The lowest BCUT2D eigenvalue weighted by molar-refractivity contribution is 0.138. The second kappa shape index (κ2) is 3.54. The van der Waals surface area contributed by atoms with Crippen molar-refractivity contribution in [3.8, 4) is 0 Å². The molecular formula is C15H17NO. The van der Waals surface area contributed by atoms with E-state index in [4.69, 9.17) is 0 Å². The zero-order chi connectivity index (χ0) is 12.0. The SMILES string of the molecule is CC1(C)CC1C(O)c1ccc2ncccc2c1. The number of aromatic nitrogens is 1. The third-order valence-corrected chi connectivity index (χ3v) is 3.94. The average molecular weight is 227 g/mol. The van der Waals surface area contributed by atoms with E-state index in [1.54, 1.807) is 6.20 Å². The Kier molecular flexibility index (Phi) is 2.23. The largest absolute Gasteiger partial charge is 0.388 e. The smallest absolute Gasteiger partial charge is 0.0823 e. The van der Waals surface area contributed by atoms with Gasteiger partial charge in [0.1, 0.15) is 0 Å². The molecule has 2 atom stereocenters. The summed E-state index contributed by atoms with van der Waals surface area (Å²) in [5.74, 6) is 0.400. The number of pyridine rings is 1. The van der Waals surface area contributed by atoms with Crippen LogP contribution in [0.5, 0.6) is 0 Å². The second-order valence-electron chi connectivity index (χ2n) is 5.70. The van der Waals surface area contributed by atoms with Crippen LogP contribution in [0.3, 0.4) is 0 Å². The summed E-state index contributed by atoms with van der Waals surface area (Å²) in [4.78, 5) is 4.29. The molecule has 3 rings (SSSR count). The molecule has 1 heterocycles. The Balaban J connectivity index is 1.96. The zero-order valence-corrected chi connectivity index (χ0v) is 10.2. The summed E-state index contributed by atoms with van der Waals surface area (Å²) in [6, 6.07) is 10.0. The van der Waals surface area contributed by atoms with Crippen LogP contribution in [0.2, 0.25) is 0 Å². The Labute approximate surface area is 101 Å². The third kappa shape index (κ3) is 1.83. The molecule has 88 valence electrons. The minimum absolute atomic E-state index is 0.295. The second-order valence-corrected chi connectivity index (χ2v) is 5.70. The highest BCUT2D eigenvalue weighted by Crippen LogP contribution is 2.57. The van der Waals surface area contributed by atoms with Gasteiger partial charge in [0, 0.05) is 11.6 Å². The zero-order valence-electron chi connectivity index (χ0n) is 10.2. The Morgan fingerprint density at radius 2 is 2.12 bits per heavy atom. The van der Waals surface area contributed by atoms with Crippen molar-refractivity contribution < 1.29 is 5.11 Å². The van der Waals surface area contributed by atoms with Gasteiger partial charge in [-0.3, -0.25) is 4.98 Å². The molecule has 1 aliphatic rings. The molecule has 0 saturated heterocycles. The first kappa shape index (κ1) is 10.7. The van der Waals surface area contributed by atoms with Crippen molar-refractivity contribution >= 4 is 10.9 Å².